The number of ether oxygens (including phenoxy) is 1. The summed E-state index contributed by atoms with van der Waals surface area (Å²) in [5, 5.41) is 1.06. The normalized spacial score (nSPS) is 10.7. The van der Waals surface area contributed by atoms with Crippen LogP contribution in [-0.2, 0) is 9.53 Å². The van der Waals surface area contributed by atoms with Gasteiger partial charge in [-0.1, -0.05) is 29.3 Å². The van der Waals surface area contributed by atoms with E-state index in [1.165, 1.54) is 6.21 Å². The lowest BCUT2D eigenvalue weighted by molar-refractivity contribution is -0.141. The second-order valence-corrected chi connectivity index (χ2v) is 3.78. The first kappa shape index (κ1) is 13.0. The van der Waals surface area contributed by atoms with Crippen LogP contribution in [0.25, 0.3) is 0 Å². The minimum atomic E-state index is -0.358. The molecule has 0 saturated heterocycles. The summed E-state index contributed by atoms with van der Waals surface area (Å²) < 4.78 is 4.72. The number of hydrogen-bond acceptors (Lipinski definition) is 3. The molecule has 3 nitrogen and oxygen atoms in total. The van der Waals surface area contributed by atoms with Gasteiger partial charge in [0.25, 0.3) is 0 Å². The Balaban J connectivity index is 2.59. The predicted octanol–water partition coefficient (Wildman–Crippen LogP) is 2.98. The molecule has 1 aromatic carbocycles. The summed E-state index contributed by atoms with van der Waals surface area (Å²) in [6.07, 6.45) is 1.52. The third-order valence-corrected chi connectivity index (χ3v) is 2.28. The van der Waals surface area contributed by atoms with E-state index in [0.717, 1.165) is 5.56 Å². The Morgan fingerprint density at radius 3 is 2.88 bits per heavy atom. The molecule has 0 N–H and O–H groups in total. The first-order valence-electron chi connectivity index (χ1n) is 4.74. The third-order valence-electron chi connectivity index (χ3n) is 1.72. The monoisotopic (exact) mass is 259 g/mol. The number of benzene rings is 1. The van der Waals surface area contributed by atoms with Gasteiger partial charge in [-0.2, -0.15) is 0 Å². The highest BCUT2D eigenvalue weighted by Gasteiger charge is 2.00. The van der Waals surface area contributed by atoms with Crippen LogP contribution in [0.5, 0.6) is 0 Å². The van der Waals surface area contributed by atoms with E-state index >= 15 is 0 Å². The van der Waals surface area contributed by atoms with Crippen LogP contribution in [0.3, 0.4) is 0 Å². The molecule has 0 unspecified atom stereocenters. The average Bonchev–Trinajstić information content (AvgIpc) is 2.22. The molecule has 1 rings (SSSR count). The van der Waals surface area contributed by atoms with Gasteiger partial charge in [-0.3, -0.25) is 9.79 Å². The van der Waals surface area contributed by atoms with E-state index in [0.29, 0.717) is 16.7 Å². The zero-order valence-electron chi connectivity index (χ0n) is 8.74. The molecular weight excluding hydrogens is 249 g/mol. The molecule has 0 atom stereocenters. The lowest BCUT2D eigenvalue weighted by Gasteiger charge is -1.99. The highest BCUT2D eigenvalue weighted by molar-refractivity contribution is 6.36. The Bertz CT molecular complexity index is 405. The van der Waals surface area contributed by atoms with Crippen molar-refractivity contribution in [2.45, 2.75) is 6.92 Å². The van der Waals surface area contributed by atoms with Crippen LogP contribution < -0.4 is 0 Å². The highest BCUT2D eigenvalue weighted by atomic mass is 35.5. The molecule has 0 aliphatic heterocycles. The number of rotatable bonds is 4. The Morgan fingerprint density at radius 2 is 2.25 bits per heavy atom. The van der Waals surface area contributed by atoms with Crippen LogP contribution >= 0.6 is 23.2 Å². The van der Waals surface area contributed by atoms with Crippen molar-refractivity contribution >= 4 is 35.4 Å². The topological polar surface area (TPSA) is 38.7 Å². The minimum absolute atomic E-state index is 0.00715. The van der Waals surface area contributed by atoms with Crippen LogP contribution in [0.15, 0.2) is 23.2 Å². The maximum absolute atomic E-state index is 11.0. The number of hydrogen-bond donors (Lipinski definition) is 0. The molecule has 16 heavy (non-hydrogen) atoms. The van der Waals surface area contributed by atoms with Crippen molar-refractivity contribution in [2.24, 2.45) is 4.99 Å². The van der Waals surface area contributed by atoms with E-state index < -0.39 is 0 Å². The van der Waals surface area contributed by atoms with Crippen molar-refractivity contribution in [3.8, 4) is 0 Å². The van der Waals surface area contributed by atoms with E-state index in [4.69, 9.17) is 27.9 Å². The Hall–Kier alpha value is -1.06. The van der Waals surface area contributed by atoms with Gasteiger partial charge in [0.05, 0.1) is 11.6 Å². The van der Waals surface area contributed by atoms with Gasteiger partial charge < -0.3 is 4.74 Å². The van der Waals surface area contributed by atoms with Gasteiger partial charge in [-0.05, 0) is 19.1 Å². The van der Waals surface area contributed by atoms with E-state index in [1.54, 1.807) is 25.1 Å². The van der Waals surface area contributed by atoms with E-state index in [1.807, 2.05) is 0 Å². The van der Waals surface area contributed by atoms with Crippen LogP contribution in [0, 0.1) is 0 Å². The predicted molar refractivity (Wildman–Crippen MR) is 65.6 cm³/mol. The fourth-order valence-electron chi connectivity index (χ4n) is 1.03. The summed E-state index contributed by atoms with van der Waals surface area (Å²) in [4.78, 5) is 14.9. The molecule has 0 aliphatic carbocycles. The summed E-state index contributed by atoms with van der Waals surface area (Å²) in [5.41, 5.74) is 0.718. The molecule has 5 heteroatoms. The number of carbonyl (C=O) groups is 1. The molecule has 0 radical (unpaired) electrons. The molecule has 0 fully saturated rings. The van der Waals surface area contributed by atoms with Gasteiger partial charge in [-0.15, -0.1) is 0 Å². The highest BCUT2D eigenvalue weighted by Crippen LogP contribution is 2.19. The van der Waals surface area contributed by atoms with Crippen molar-refractivity contribution in [2.75, 3.05) is 13.2 Å². The van der Waals surface area contributed by atoms with Crippen LogP contribution in [0.1, 0.15) is 12.5 Å². The first-order valence-corrected chi connectivity index (χ1v) is 5.49. The number of aliphatic imine (C=N–C) groups is 1. The zero-order chi connectivity index (χ0) is 12.0. The van der Waals surface area contributed by atoms with E-state index in [-0.39, 0.29) is 12.5 Å². The zero-order valence-corrected chi connectivity index (χ0v) is 10.3. The fourth-order valence-corrected chi connectivity index (χ4v) is 1.49. The van der Waals surface area contributed by atoms with Crippen LogP contribution in [0.2, 0.25) is 10.0 Å². The number of carbonyl (C=O) groups excluding carboxylic acids is 1. The van der Waals surface area contributed by atoms with Gasteiger partial charge >= 0.3 is 5.97 Å². The minimum Gasteiger partial charge on any atom is -0.465 e. The second kappa shape index (κ2) is 6.51. The van der Waals surface area contributed by atoms with Crippen molar-refractivity contribution in [1.29, 1.82) is 0 Å². The summed E-state index contributed by atoms with van der Waals surface area (Å²) in [6.45, 7) is 2.10. The molecule has 1 aromatic rings. The molecule has 86 valence electrons. The third kappa shape index (κ3) is 4.21. The Labute approximate surface area is 104 Å². The van der Waals surface area contributed by atoms with Gasteiger partial charge in [0.2, 0.25) is 0 Å². The lowest BCUT2D eigenvalue weighted by atomic mass is 10.2. The summed E-state index contributed by atoms with van der Waals surface area (Å²) in [5.74, 6) is -0.358. The second-order valence-electron chi connectivity index (χ2n) is 2.94. The summed E-state index contributed by atoms with van der Waals surface area (Å²) >= 11 is 11.7. The average molecular weight is 260 g/mol. The molecule has 0 heterocycles. The van der Waals surface area contributed by atoms with Crippen molar-refractivity contribution in [1.82, 2.24) is 0 Å². The maximum atomic E-state index is 11.0. The lowest BCUT2D eigenvalue weighted by Crippen LogP contribution is -2.07. The molecule has 0 saturated carbocycles. The number of halogens is 2. The van der Waals surface area contributed by atoms with Crippen molar-refractivity contribution in [3.63, 3.8) is 0 Å². The van der Waals surface area contributed by atoms with Gasteiger partial charge in [0, 0.05) is 16.8 Å². The first-order chi connectivity index (χ1) is 7.63. The number of esters is 1. The van der Waals surface area contributed by atoms with Crippen molar-refractivity contribution in [3.05, 3.63) is 33.8 Å². The Morgan fingerprint density at radius 1 is 1.50 bits per heavy atom. The van der Waals surface area contributed by atoms with Crippen LogP contribution in [-0.4, -0.2) is 25.3 Å². The molecule has 0 bridgehead atoms. The standard InChI is InChI=1S/C11H11Cl2NO2/c1-2-16-11(15)7-14-6-8-3-4-9(12)5-10(8)13/h3-6H,2,7H2,1H3. The fraction of sp³-hybridized carbons (Fsp3) is 0.273. The largest absolute Gasteiger partial charge is 0.465 e. The molecule has 0 aliphatic rings. The Kier molecular flexibility index (Phi) is 5.29. The van der Waals surface area contributed by atoms with Gasteiger partial charge in [0.15, 0.2) is 0 Å². The molecule has 0 aromatic heterocycles. The smallest absolute Gasteiger partial charge is 0.327 e. The van der Waals surface area contributed by atoms with Gasteiger partial charge in [-0.25, -0.2) is 0 Å². The maximum Gasteiger partial charge on any atom is 0.327 e. The van der Waals surface area contributed by atoms with E-state index in [2.05, 4.69) is 4.99 Å². The summed E-state index contributed by atoms with van der Waals surface area (Å²) in [7, 11) is 0. The molecule has 0 amide bonds. The molecule has 0 spiro atoms. The van der Waals surface area contributed by atoms with Crippen LogP contribution in [0.4, 0.5) is 0 Å². The molecular formula is C11H11Cl2NO2. The SMILES string of the molecule is CCOC(=O)CN=Cc1ccc(Cl)cc1Cl. The number of nitrogens with zero attached hydrogens (tertiary/aromatic N) is 1. The van der Waals surface area contributed by atoms with E-state index in [9.17, 15) is 4.79 Å². The quantitative estimate of drug-likeness (QED) is 0.616. The van der Waals surface area contributed by atoms with Gasteiger partial charge in [0.1, 0.15) is 6.54 Å². The summed E-state index contributed by atoms with van der Waals surface area (Å²) in [6, 6.07) is 5.06. The van der Waals surface area contributed by atoms with Crippen molar-refractivity contribution < 1.29 is 9.53 Å².